The Morgan fingerprint density at radius 1 is 1.10 bits per heavy atom. The molecule has 0 radical (unpaired) electrons. The van der Waals surface area contributed by atoms with Crippen molar-refractivity contribution in [3.05, 3.63) is 70.2 Å². The van der Waals surface area contributed by atoms with Crippen LogP contribution < -0.4 is 5.32 Å². The van der Waals surface area contributed by atoms with Gasteiger partial charge in [0.1, 0.15) is 0 Å². The van der Waals surface area contributed by atoms with E-state index in [1.807, 2.05) is 24.3 Å². The van der Waals surface area contributed by atoms with Crippen LogP contribution in [0.4, 0.5) is 5.69 Å². The number of hydrogen-bond acceptors (Lipinski definition) is 2. The van der Waals surface area contributed by atoms with Crippen molar-refractivity contribution >= 4 is 39.4 Å². The average Bonchev–Trinajstić information content (AvgIpc) is 2.45. The van der Waals surface area contributed by atoms with E-state index in [1.165, 1.54) is 13.0 Å². The van der Waals surface area contributed by atoms with Crippen LogP contribution in [0, 0.1) is 0 Å². The molecule has 0 fully saturated rings. The van der Waals surface area contributed by atoms with Crippen molar-refractivity contribution in [1.29, 1.82) is 0 Å². The maximum Gasteiger partial charge on any atom is 0.221 e. The van der Waals surface area contributed by atoms with Crippen LogP contribution in [-0.2, 0) is 4.79 Å². The van der Waals surface area contributed by atoms with Gasteiger partial charge in [-0.1, -0.05) is 46.3 Å². The van der Waals surface area contributed by atoms with Gasteiger partial charge >= 0.3 is 0 Å². The minimum atomic E-state index is -0.164. The molecule has 2 rings (SSSR count). The normalized spacial score (nSPS) is 10.6. The third-order valence-electron chi connectivity index (χ3n) is 2.79. The smallest absolute Gasteiger partial charge is 0.221 e. The summed E-state index contributed by atoms with van der Waals surface area (Å²) < 4.78 is 0.932. The Bertz CT molecular complexity index is 707. The second-order valence-corrected chi connectivity index (χ2v) is 5.34. The van der Waals surface area contributed by atoms with E-state index in [0.717, 1.165) is 10.0 Å². The molecule has 0 aromatic heterocycles. The minimum Gasteiger partial charge on any atom is -0.326 e. The summed E-state index contributed by atoms with van der Waals surface area (Å²) in [4.78, 5) is 23.2. The quantitative estimate of drug-likeness (QED) is 0.664. The molecule has 1 N–H and O–H groups in total. The predicted molar refractivity (Wildman–Crippen MR) is 88.3 cm³/mol. The van der Waals surface area contributed by atoms with Crippen molar-refractivity contribution in [3.63, 3.8) is 0 Å². The van der Waals surface area contributed by atoms with Gasteiger partial charge in [-0.3, -0.25) is 9.59 Å². The standard InChI is InChI=1S/C17H14BrNO2/c1-12(20)19-15-7-4-6-14(11-15)17(21)10-9-13-5-2-3-8-16(13)18/h2-11H,1H3,(H,19,20)/b10-9+. The monoisotopic (exact) mass is 343 g/mol. The van der Waals surface area contributed by atoms with Crippen LogP contribution in [0.5, 0.6) is 0 Å². The summed E-state index contributed by atoms with van der Waals surface area (Å²) in [5, 5.41) is 2.66. The van der Waals surface area contributed by atoms with Crippen molar-refractivity contribution in [3.8, 4) is 0 Å². The van der Waals surface area contributed by atoms with E-state index in [1.54, 1.807) is 30.3 Å². The summed E-state index contributed by atoms with van der Waals surface area (Å²) in [6.07, 6.45) is 3.28. The fraction of sp³-hybridized carbons (Fsp3) is 0.0588. The van der Waals surface area contributed by atoms with E-state index in [4.69, 9.17) is 0 Å². The van der Waals surface area contributed by atoms with Gasteiger partial charge < -0.3 is 5.32 Å². The molecule has 3 nitrogen and oxygen atoms in total. The third-order valence-corrected chi connectivity index (χ3v) is 3.51. The molecule has 4 heteroatoms. The van der Waals surface area contributed by atoms with Crippen LogP contribution >= 0.6 is 15.9 Å². The van der Waals surface area contributed by atoms with E-state index in [9.17, 15) is 9.59 Å². The van der Waals surface area contributed by atoms with Gasteiger partial charge in [-0.15, -0.1) is 0 Å². The van der Waals surface area contributed by atoms with Gasteiger partial charge in [0.05, 0.1) is 0 Å². The van der Waals surface area contributed by atoms with Crippen molar-refractivity contribution in [1.82, 2.24) is 0 Å². The molecule has 0 bridgehead atoms. The molecule has 2 aromatic rings. The molecule has 0 saturated heterocycles. The lowest BCUT2D eigenvalue weighted by Crippen LogP contribution is -2.06. The minimum absolute atomic E-state index is 0.113. The van der Waals surface area contributed by atoms with Gasteiger partial charge in [0, 0.05) is 22.6 Å². The van der Waals surface area contributed by atoms with Crippen LogP contribution in [-0.4, -0.2) is 11.7 Å². The van der Waals surface area contributed by atoms with E-state index >= 15 is 0 Å². The number of benzene rings is 2. The van der Waals surface area contributed by atoms with E-state index < -0.39 is 0 Å². The van der Waals surface area contributed by atoms with Crippen molar-refractivity contribution in [2.45, 2.75) is 6.92 Å². The lowest BCUT2D eigenvalue weighted by molar-refractivity contribution is -0.114. The summed E-state index contributed by atoms with van der Waals surface area (Å²) in [7, 11) is 0. The van der Waals surface area contributed by atoms with Gasteiger partial charge in [-0.25, -0.2) is 0 Å². The fourth-order valence-electron chi connectivity index (χ4n) is 1.83. The number of anilines is 1. The highest BCUT2D eigenvalue weighted by Crippen LogP contribution is 2.18. The SMILES string of the molecule is CC(=O)Nc1cccc(C(=O)/C=C/c2ccccc2Br)c1. The van der Waals surface area contributed by atoms with Crippen LogP contribution in [0.3, 0.4) is 0 Å². The largest absolute Gasteiger partial charge is 0.326 e. The van der Waals surface area contributed by atoms with Crippen molar-refractivity contribution in [2.24, 2.45) is 0 Å². The van der Waals surface area contributed by atoms with Gasteiger partial charge in [-0.2, -0.15) is 0 Å². The topological polar surface area (TPSA) is 46.2 Å². The molecule has 1 amide bonds. The highest BCUT2D eigenvalue weighted by molar-refractivity contribution is 9.10. The lowest BCUT2D eigenvalue weighted by atomic mass is 10.1. The molecule has 0 heterocycles. The molecule has 0 unspecified atom stereocenters. The first-order chi connectivity index (χ1) is 10.1. The number of nitrogens with one attached hydrogen (secondary N) is 1. The average molecular weight is 344 g/mol. The molecule has 106 valence electrons. The van der Waals surface area contributed by atoms with Crippen LogP contribution in [0.25, 0.3) is 6.08 Å². The number of ketones is 1. The lowest BCUT2D eigenvalue weighted by Gasteiger charge is -2.03. The number of hydrogen-bond donors (Lipinski definition) is 1. The predicted octanol–water partition coefficient (Wildman–Crippen LogP) is 4.30. The molecule has 0 aliphatic carbocycles. The first-order valence-electron chi connectivity index (χ1n) is 6.41. The molecular formula is C17H14BrNO2. The number of amides is 1. The Hall–Kier alpha value is -2.20. The van der Waals surface area contributed by atoms with Crippen molar-refractivity contribution < 1.29 is 9.59 Å². The fourth-order valence-corrected chi connectivity index (χ4v) is 2.24. The Kier molecular flexibility index (Phi) is 5.06. The zero-order chi connectivity index (χ0) is 15.2. The van der Waals surface area contributed by atoms with Gasteiger partial charge in [-0.05, 0) is 35.9 Å². The molecule has 21 heavy (non-hydrogen) atoms. The van der Waals surface area contributed by atoms with Crippen LogP contribution in [0.15, 0.2) is 59.1 Å². The van der Waals surface area contributed by atoms with Gasteiger partial charge in [0.25, 0.3) is 0 Å². The number of halogens is 1. The third kappa shape index (κ3) is 4.39. The Morgan fingerprint density at radius 3 is 2.57 bits per heavy atom. The highest BCUT2D eigenvalue weighted by Gasteiger charge is 2.04. The molecule has 0 spiro atoms. The summed E-state index contributed by atoms with van der Waals surface area (Å²) in [5.74, 6) is -0.277. The van der Waals surface area contributed by atoms with Crippen LogP contribution in [0.1, 0.15) is 22.8 Å². The zero-order valence-corrected chi connectivity index (χ0v) is 13.1. The van der Waals surface area contributed by atoms with E-state index in [2.05, 4.69) is 21.2 Å². The van der Waals surface area contributed by atoms with E-state index in [0.29, 0.717) is 11.3 Å². The Morgan fingerprint density at radius 2 is 1.86 bits per heavy atom. The second-order valence-electron chi connectivity index (χ2n) is 4.48. The maximum absolute atomic E-state index is 12.2. The highest BCUT2D eigenvalue weighted by atomic mass is 79.9. The van der Waals surface area contributed by atoms with Gasteiger partial charge in [0.2, 0.25) is 5.91 Å². The molecule has 2 aromatic carbocycles. The molecule has 0 saturated carbocycles. The van der Waals surface area contributed by atoms with Crippen LogP contribution in [0.2, 0.25) is 0 Å². The van der Waals surface area contributed by atoms with E-state index in [-0.39, 0.29) is 11.7 Å². The summed E-state index contributed by atoms with van der Waals surface area (Å²) in [5.41, 5.74) is 2.08. The summed E-state index contributed by atoms with van der Waals surface area (Å²) in [6, 6.07) is 14.5. The summed E-state index contributed by atoms with van der Waals surface area (Å²) in [6.45, 7) is 1.43. The molecular weight excluding hydrogens is 330 g/mol. The Labute approximate surface area is 131 Å². The van der Waals surface area contributed by atoms with Crippen molar-refractivity contribution in [2.75, 3.05) is 5.32 Å². The maximum atomic E-state index is 12.2. The Balaban J connectivity index is 2.17. The van der Waals surface area contributed by atoms with Gasteiger partial charge in [0.15, 0.2) is 5.78 Å². The molecule has 0 aliphatic rings. The number of allylic oxidation sites excluding steroid dienone is 1. The second kappa shape index (κ2) is 6.99. The number of carbonyl (C=O) groups is 2. The number of carbonyl (C=O) groups excluding carboxylic acids is 2. The number of rotatable bonds is 4. The molecule has 0 aliphatic heterocycles. The zero-order valence-electron chi connectivity index (χ0n) is 11.5. The first-order valence-corrected chi connectivity index (χ1v) is 7.20. The summed E-state index contributed by atoms with van der Waals surface area (Å²) >= 11 is 3.43. The first kappa shape index (κ1) is 15.2. The molecule has 0 atom stereocenters.